The van der Waals surface area contributed by atoms with Crippen molar-refractivity contribution in [2.75, 3.05) is 0 Å². The van der Waals surface area contributed by atoms with Gasteiger partial charge in [-0.05, 0) is 6.07 Å². The van der Waals surface area contributed by atoms with Crippen molar-refractivity contribution >= 4 is 11.3 Å². The maximum atomic E-state index is 4.19. The second-order valence-corrected chi connectivity index (χ2v) is 3.75. The highest BCUT2D eigenvalue weighted by molar-refractivity contribution is 7.07. The topological polar surface area (TPSA) is 42.7 Å². The summed E-state index contributed by atoms with van der Waals surface area (Å²) < 4.78 is 1.87. The Bertz CT molecular complexity index is 379. The summed E-state index contributed by atoms with van der Waals surface area (Å²) in [6, 6.07) is 2.01. The summed E-state index contributed by atoms with van der Waals surface area (Å²) >= 11 is 1.62. The normalized spacial score (nSPS) is 10.6. The van der Waals surface area contributed by atoms with Crippen molar-refractivity contribution in [1.82, 2.24) is 20.1 Å². The molecule has 0 fully saturated rings. The van der Waals surface area contributed by atoms with Gasteiger partial charge in [-0.3, -0.25) is 4.68 Å². The summed E-state index contributed by atoms with van der Waals surface area (Å²) in [6.07, 6.45) is 1.81. The van der Waals surface area contributed by atoms with Crippen LogP contribution in [0.25, 0.3) is 0 Å². The van der Waals surface area contributed by atoms with Crippen LogP contribution < -0.4 is 5.32 Å². The summed E-state index contributed by atoms with van der Waals surface area (Å²) in [5.74, 6) is 0. The lowest BCUT2D eigenvalue weighted by Gasteiger charge is -2.02. The van der Waals surface area contributed by atoms with Gasteiger partial charge in [0.15, 0.2) is 0 Å². The first-order chi connectivity index (χ1) is 6.86. The molecule has 1 N–H and O–H groups in total. The molecule has 0 spiro atoms. The smallest absolute Gasteiger partial charge is 0.0795 e. The predicted octanol–water partition coefficient (Wildman–Crippen LogP) is 1.17. The van der Waals surface area contributed by atoms with Gasteiger partial charge in [0.05, 0.1) is 16.9 Å². The van der Waals surface area contributed by atoms with Gasteiger partial charge in [-0.25, -0.2) is 4.98 Å². The molecule has 0 saturated heterocycles. The summed E-state index contributed by atoms with van der Waals surface area (Å²) in [4.78, 5) is 4.19. The van der Waals surface area contributed by atoms with Crippen LogP contribution in [0.5, 0.6) is 0 Å². The maximum absolute atomic E-state index is 4.19. The Labute approximate surface area is 86.6 Å². The van der Waals surface area contributed by atoms with E-state index >= 15 is 0 Å². The fourth-order valence-corrected chi connectivity index (χ4v) is 1.78. The van der Waals surface area contributed by atoms with Crippen LogP contribution in [-0.4, -0.2) is 14.8 Å². The molecule has 5 heteroatoms. The first-order valence-electron chi connectivity index (χ1n) is 4.41. The number of aromatic nitrogens is 3. The molecule has 0 radical (unpaired) electrons. The van der Waals surface area contributed by atoms with E-state index in [-0.39, 0.29) is 0 Å². The Morgan fingerprint density at radius 2 is 2.43 bits per heavy atom. The predicted molar refractivity (Wildman–Crippen MR) is 55.9 cm³/mol. The third kappa shape index (κ3) is 2.18. The Balaban J connectivity index is 1.81. The quantitative estimate of drug-likeness (QED) is 0.820. The Kier molecular flexibility index (Phi) is 2.90. The molecule has 2 heterocycles. The summed E-state index contributed by atoms with van der Waals surface area (Å²) in [7, 11) is 1.94. The van der Waals surface area contributed by atoms with Crippen LogP contribution in [0.1, 0.15) is 11.4 Å². The highest BCUT2D eigenvalue weighted by Gasteiger charge is 1.98. The molecule has 0 aliphatic heterocycles. The largest absolute Gasteiger partial charge is 0.305 e. The van der Waals surface area contributed by atoms with E-state index in [9.17, 15) is 0 Å². The minimum atomic E-state index is 0.814. The second kappa shape index (κ2) is 4.34. The molecule has 0 aromatic carbocycles. The lowest BCUT2D eigenvalue weighted by Crippen LogP contribution is -2.15. The van der Waals surface area contributed by atoms with Crippen LogP contribution in [0.15, 0.2) is 23.2 Å². The fourth-order valence-electron chi connectivity index (χ4n) is 1.22. The van der Waals surface area contributed by atoms with E-state index in [1.165, 1.54) is 5.69 Å². The standard InChI is InChI=1S/C9H12N4S/c1-13-9(2-3-12-13)5-10-4-8-6-14-7-11-8/h2-3,6-7,10H,4-5H2,1H3. The number of rotatable bonds is 4. The van der Waals surface area contributed by atoms with Gasteiger partial charge >= 0.3 is 0 Å². The molecule has 0 saturated carbocycles. The second-order valence-electron chi connectivity index (χ2n) is 3.03. The van der Waals surface area contributed by atoms with Crippen molar-refractivity contribution in [3.8, 4) is 0 Å². The zero-order valence-electron chi connectivity index (χ0n) is 7.97. The molecule has 0 atom stereocenters. The number of aryl methyl sites for hydroxylation is 1. The Morgan fingerprint density at radius 3 is 3.07 bits per heavy atom. The molecule has 0 amide bonds. The SMILES string of the molecule is Cn1nccc1CNCc1cscn1. The van der Waals surface area contributed by atoms with E-state index in [0.717, 1.165) is 18.8 Å². The first kappa shape index (κ1) is 9.36. The van der Waals surface area contributed by atoms with Gasteiger partial charge in [0.25, 0.3) is 0 Å². The van der Waals surface area contributed by atoms with Gasteiger partial charge in [-0.2, -0.15) is 5.10 Å². The highest BCUT2D eigenvalue weighted by Crippen LogP contribution is 2.01. The van der Waals surface area contributed by atoms with Gasteiger partial charge in [0.2, 0.25) is 0 Å². The molecule has 2 rings (SSSR count). The summed E-state index contributed by atoms with van der Waals surface area (Å²) in [6.45, 7) is 1.64. The average molecular weight is 208 g/mol. The van der Waals surface area contributed by atoms with E-state index in [1.54, 1.807) is 17.5 Å². The molecule has 2 aromatic heterocycles. The minimum Gasteiger partial charge on any atom is -0.305 e. The van der Waals surface area contributed by atoms with Gasteiger partial charge in [-0.15, -0.1) is 11.3 Å². The Morgan fingerprint density at radius 1 is 1.50 bits per heavy atom. The van der Waals surface area contributed by atoms with Crippen LogP contribution in [-0.2, 0) is 20.1 Å². The van der Waals surface area contributed by atoms with Crippen molar-refractivity contribution in [2.45, 2.75) is 13.1 Å². The van der Waals surface area contributed by atoms with E-state index < -0.39 is 0 Å². The highest BCUT2D eigenvalue weighted by atomic mass is 32.1. The van der Waals surface area contributed by atoms with Crippen molar-refractivity contribution in [3.05, 3.63) is 34.5 Å². The van der Waals surface area contributed by atoms with E-state index in [4.69, 9.17) is 0 Å². The molecule has 74 valence electrons. The molecular weight excluding hydrogens is 196 g/mol. The van der Waals surface area contributed by atoms with Crippen molar-refractivity contribution in [1.29, 1.82) is 0 Å². The number of nitrogens with one attached hydrogen (secondary N) is 1. The molecule has 0 bridgehead atoms. The fraction of sp³-hybridized carbons (Fsp3) is 0.333. The molecule has 0 aliphatic carbocycles. The van der Waals surface area contributed by atoms with Crippen LogP contribution in [0.2, 0.25) is 0 Å². The number of nitrogens with zero attached hydrogens (tertiary/aromatic N) is 3. The molecule has 0 aliphatic rings. The molecule has 0 unspecified atom stereocenters. The molecular formula is C9H12N4S. The van der Waals surface area contributed by atoms with Crippen molar-refractivity contribution < 1.29 is 0 Å². The molecule has 2 aromatic rings. The van der Waals surface area contributed by atoms with Gasteiger partial charge in [0.1, 0.15) is 0 Å². The zero-order chi connectivity index (χ0) is 9.80. The zero-order valence-corrected chi connectivity index (χ0v) is 8.79. The van der Waals surface area contributed by atoms with Crippen LogP contribution in [0.3, 0.4) is 0 Å². The van der Waals surface area contributed by atoms with Crippen LogP contribution in [0, 0.1) is 0 Å². The van der Waals surface area contributed by atoms with Gasteiger partial charge < -0.3 is 5.32 Å². The third-order valence-electron chi connectivity index (χ3n) is 2.02. The third-order valence-corrected chi connectivity index (χ3v) is 2.65. The van der Waals surface area contributed by atoms with E-state index in [2.05, 4.69) is 20.8 Å². The van der Waals surface area contributed by atoms with E-state index in [1.807, 2.05) is 23.3 Å². The average Bonchev–Trinajstić information content (AvgIpc) is 2.78. The van der Waals surface area contributed by atoms with E-state index in [0.29, 0.717) is 0 Å². The lowest BCUT2D eigenvalue weighted by atomic mass is 10.4. The van der Waals surface area contributed by atoms with Crippen LogP contribution >= 0.6 is 11.3 Å². The van der Waals surface area contributed by atoms with Gasteiger partial charge in [0, 0.05) is 31.7 Å². The number of hydrogen-bond donors (Lipinski definition) is 1. The molecule has 4 nitrogen and oxygen atoms in total. The maximum Gasteiger partial charge on any atom is 0.0795 e. The van der Waals surface area contributed by atoms with Crippen LogP contribution in [0.4, 0.5) is 0 Å². The van der Waals surface area contributed by atoms with Gasteiger partial charge in [-0.1, -0.05) is 0 Å². The minimum absolute atomic E-state index is 0.814. The van der Waals surface area contributed by atoms with Crippen molar-refractivity contribution in [3.63, 3.8) is 0 Å². The number of hydrogen-bond acceptors (Lipinski definition) is 4. The summed E-state index contributed by atoms with van der Waals surface area (Å²) in [5.41, 5.74) is 4.12. The first-order valence-corrected chi connectivity index (χ1v) is 5.35. The Hall–Kier alpha value is -1.20. The monoisotopic (exact) mass is 208 g/mol. The van der Waals surface area contributed by atoms with Crippen molar-refractivity contribution in [2.24, 2.45) is 7.05 Å². The lowest BCUT2D eigenvalue weighted by molar-refractivity contribution is 0.621. The summed E-state index contributed by atoms with van der Waals surface area (Å²) in [5, 5.41) is 9.46. The molecule has 14 heavy (non-hydrogen) atoms. The number of thiazole rings is 1.